The van der Waals surface area contributed by atoms with E-state index in [9.17, 15) is 8.42 Å². The van der Waals surface area contributed by atoms with E-state index in [2.05, 4.69) is 4.72 Å². The monoisotopic (exact) mass is 284 g/mol. The minimum atomic E-state index is -3.40. The summed E-state index contributed by atoms with van der Waals surface area (Å²) in [6, 6.07) is 3.54. The number of hydrogen-bond donors (Lipinski definition) is 2. The number of rotatable bonds is 4. The van der Waals surface area contributed by atoms with Gasteiger partial charge in [-0.2, -0.15) is 0 Å². The molecule has 0 bridgehead atoms. The Hall–Kier alpha value is -1.27. The first-order valence-corrected chi connectivity index (χ1v) is 8.01. The van der Waals surface area contributed by atoms with Crippen molar-refractivity contribution in [2.45, 2.75) is 32.8 Å². The van der Waals surface area contributed by atoms with Crippen LogP contribution >= 0.6 is 0 Å². The highest BCUT2D eigenvalue weighted by molar-refractivity contribution is 7.92. The second-order valence-corrected chi connectivity index (χ2v) is 6.81. The fourth-order valence-corrected chi connectivity index (χ4v) is 3.60. The van der Waals surface area contributed by atoms with Crippen LogP contribution in [-0.4, -0.2) is 26.9 Å². The zero-order valence-corrected chi connectivity index (χ0v) is 12.1. The van der Waals surface area contributed by atoms with Gasteiger partial charge in [-0.1, -0.05) is 6.07 Å². The molecule has 0 amide bonds. The zero-order chi connectivity index (χ0) is 14.0. The topological polar surface area (TPSA) is 81.4 Å². The van der Waals surface area contributed by atoms with Crippen LogP contribution < -0.4 is 10.5 Å². The molecule has 1 aromatic carbocycles. The standard InChI is InChI=1S/C13H20N2O3S/c1-9-6-10(2)13(7-12(9)14)15-19(16,17)8-11-4-3-5-18-11/h6-7,11,15H,3-5,8,14H2,1-2H3. The molecule has 106 valence electrons. The van der Waals surface area contributed by atoms with Crippen molar-refractivity contribution >= 4 is 21.4 Å². The minimum absolute atomic E-state index is 0.000219. The van der Waals surface area contributed by atoms with Crippen LogP contribution in [0, 0.1) is 13.8 Å². The van der Waals surface area contributed by atoms with Crippen LogP contribution in [0.3, 0.4) is 0 Å². The number of nitrogens with one attached hydrogen (secondary N) is 1. The van der Waals surface area contributed by atoms with Gasteiger partial charge in [0.2, 0.25) is 10.0 Å². The first-order valence-electron chi connectivity index (χ1n) is 6.36. The minimum Gasteiger partial charge on any atom is -0.398 e. The normalized spacial score (nSPS) is 19.6. The summed E-state index contributed by atoms with van der Waals surface area (Å²) in [7, 11) is -3.40. The van der Waals surface area contributed by atoms with E-state index in [4.69, 9.17) is 10.5 Å². The van der Waals surface area contributed by atoms with Crippen molar-refractivity contribution in [1.82, 2.24) is 0 Å². The maximum atomic E-state index is 12.1. The van der Waals surface area contributed by atoms with Gasteiger partial charge in [-0.15, -0.1) is 0 Å². The van der Waals surface area contributed by atoms with Crippen LogP contribution in [0.5, 0.6) is 0 Å². The second-order valence-electron chi connectivity index (χ2n) is 5.04. The molecule has 1 heterocycles. The summed E-state index contributed by atoms with van der Waals surface area (Å²) < 4.78 is 32.1. The van der Waals surface area contributed by atoms with E-state index in [1.165, 1.54) is 0 Å². The molecule has 1 aromatic rings. The highest BCUT2D eigenvalue weighted by Crippen LogP contribution is 2.24. The quantitative estimate of drug-likeness (QED) is 0.826. The van der Waals surface area contributed by atoms with E-state index in [-0.39, 0.29) is 11.9 Å². The van der Waals surface area contributed by atoms with Crippen molar-refractivity contribution in [1.29, 1.82) is 0 Å². The summed E-state index contributed by atoms with van der Waals surface area (Å²) >= 11 is 0. The summed E-state index contributed by atoms with van der Waals surface area (Å²) in [5.41, 5.74) is 8.75. The Morgan fingerprint density at radius 1 is 1.37 bits per heavy atom. The van der Waals surface area contributed by atoms with E-state index in [0.29, 0.717) is 18.0 Å². The Balaban J connectivity index is 2.13. The zero-order valence-electron chi connectivity index (χ0n) is 11.3. The fraction of sp³-hybridized carbons (Fsp3) is 0.538. The van der Waals surface area contributed by atoms with Crippen LogP contribution in [0.1, 0.15) is 24.0 Å². The van der Waals surface area contributed by atoms with Gasteiger partial charge >= 0.3 is 0 Å². The van der Waals surface area contributed by atoms with Gasteiger partial charge in [-0.05, 0) is 43.9 Å². The molecule has 6 heteroatoms. The molecule has 1 saturated heterocycles. The van der Waals surface area contributed by atoms with Crippen molar-refractivity contribution < 1.29 is 13.2 Å². The SMILES string of the molecule is Cc1cc(C)c(NS(=O)(=O)CC2CCCO2)cc1N. The lowest BCUT2D eigenvalue weighted by molar-refractivity contribution is 0.127. The number of hydrogen-bond acceptors (Lipinski definition) is 4. The van der Waals surface area contributed by atoms with Crippen molar-refractivity contribution in [3.8, 4) is 0 Å². The molecule has 3 N–H and O–H groups in total. The van der Waals surface area contributed by atoms with Crippen LogP contribution in [0.25, 0.3) is 0 Å². The second kappa shape index (κ2) is 5.38. The van der Waals surface area contributed by atoms with E-state index in [0.717, 1.165) is 24.0 Å². The lowest BCUT2D eigenvalue weighted by atomic mass is 10.1. The van der Waals surface area contributed by atoms with E-state index in [1.807, 2.05) is 19.9 Å². The average Bonchev–Trinajstić information content (AvgIpc) is 2.77. The third-order valence-electron chi connectivity index (χ3n) is 3.31. The predicted molar refractivity (Wildman–Crippen MR) is 76.7 cm³/mol. The Morgan fingerprint density at radius 2 is 2.11 bits per heavy atom. The van der Waals surface area contributed by atoms with E-state index in [1.54, 1.807) is 6.07 Å². The van der Waals surface area contributed by atoms with Crippen molar-refractivity contribution in [2.75, 3.05) is 22.8 Å². The number of benzene rings is 1. The molecule has 1 aliphatic rings. The molecular weight excluding hydrogens is 264 g/mol. The summed E-state index contributed by atoms with van der Waals surface area (Å²) in [6.45, 7) is 4.40. The maximum absolute atomic E-state index is 12.1. The van der Waals surface area contributed by atoms with Crippen LogP contribution in [-0.2, 0) is 14.8 Å². The van der Waals surface area contributed by atoms with Gasteiger partial charge in [0.25, 0.3) is 0 Å². The van der Waals surface area contributed by atoms with Crippen LogP contribution in [0.4, 0.5) is 11.4 Å². The Morgan fingerprint density at radius 3 is 2.74 bits per heavy atom. The predicted octanol–water partition coefficient (Wildman–Crippen LogP) is 1.81. The van der Waals surface area contributed by atoms with Crippen LogP contribution in [0.2, 0.25) is 0 Å². The molecule has 1 fully saturated rings. The molecule has 2 rings (SSSR count). The molecule has 0 aliphatic carbocycles. The number of ether oxygens (including phenoxy) is 1. The number of nitrogens with two attached hydrogens (primary N) is 1. The highest BCUT2D eigenvalue weighted by atomic mass is 32.2. The third kappa shape index (κ3) is 3.61. The Bertz CT molecular complexity index is 563. The van der Waals surface area contributed by atoms with E-state index >= 15 is 0 Å². The lowest BCUT2D eigenvalue weighted by Crippen LogP contribution is -2.26. The first-order chi connectivity index (χ1) is 8.87. The third-order valence-corrected chi connectivity index (χ3v) is 4.65. The smallest absolute Gasteiger partial charge is 0.235 e. The van der Waals surface area contributed by atoms with Gasteiger partial charge < -0.3 is 10.5 Å². The molecule has 0 radical (unpaired) electrons. The van der Waals surface area contributed by atoms with Gasteiger partial charge in [0.15, 0.2) is 0 Å². The number of anilines is 2. The maximum Gasteiger partial charge on any atom is 0.235 e. The molecule has 0 spiro atoms. The molecule has 1 atom stereocenters. The Labute approximate surface area is 114 Å². The molecule has 19 heavy (non-hydrogen) atoms. The molecule has 5 nitrogen and oxygen atoms in total. The number of sulfonamides is 1. The molecule has 1 unspecified atom stereocenters. The van der Waals surface area contributed by atoms with E-state index < -0.39 is 10.0 Å². The van der Waals surface area contributed by atoms with Crippen LogP contribution in [0.15, 0.2) is 12.1 Å². The van der Waals surface area contributed by atoms with Crippen molar-refractivity contribution in [3.63, 3.8) is 0 Å². The lowest BCUT2D eigenvalue weighted by Gasteiger charge is -2.15. The molecule has 0 saturated carbocycles. The molecule has 0 aromatic heterocycles. The molecular formula is C13H20N2O3S. The van der Waals surface area contributed by atoms with Gasteiger partial charge in [0.05, 0.1) is 17.5 Å². The van der Waals surface area contributed by atoms with Gasteiger partial charge in [-0.25, -0.2) is 8.42 Å². The van der Waals surface area contributed by atoms with Crippen molar-refractivity contribution in [2.24, 2.45) is 0 Å². The number of aryl methyl sites for hydroxylation is 2. The van der Waals surface area contributed by atoms with Gasteiger partial charge in [0, 0.05) is 12.3 Å². The summed E-state index contributed by atoms with van der Waals surface area (Å²) in [5, 5.41) is 0. The summed E-state index contributed by atoms with van der Waals surface area (Å²) in [4.78, 5) is 0. The summed E-state index contributed by atoms with van der Waals surface area (Å²) in [6.07, 6.45) is 1.53. The highest BCUT2D eigenvalue weighted by Gasteiger charge is 2.23. The fourth-order valence-electron chi connectivity index (χ4n) is 2.21. The Kier molecular flexibility index (Phi) is 4.01. The van der Waals surface area contributed by atoms with Gasteiger partial charge in [0.1, 0.15) is 0 Å². The number of nitrogen functional groups attached to an aromatic ring is 1. The van der Waals surface area contributed by atoms with Gasteiger partial charge in [-0.3, -0.25) is 4.72 Å². The largest absolute Gasteiger partial charge is 0.398 e. The first kappa shape index (κ1) is 14.1. The average molecular weight is 284 g/mol. The van der Waals surface area contributed by atoms with Crippen molar-refractivity contribution in [3.05, 3.63) is 23.3 Å². The summed E-state index contributed by atoms with van der Waals surface area (Å²) in [5.74, 6) is 0.000219. The molecule has 1 aliphatic heterocycles.